The molecule has 0 heterocycles. The Balaban J connectivity index is 1.88. The third-order valence-electron chi connectivity index (χ3n) is 4.83. The zero-order valence-electron chi connectivity index (χ0n) is 17.4. The van der Waals surface area contributed by atoms with E-state index in [1.54, 1.807) is 54.6 Å². The van der Waals surface area contributed by atoms with Crippen LogP contribution >= 0.6 is 0 Å². The maximum Gasteiger partial charge on any atom is 0.264 e. The molecule has 0 aliphatic rings. The Morgan fingerprint density at radius 3 is 2.03 bits per heavy atom. The number of hydrogen-bond acceptors (Lipinski definition) is 4. The number of nitrogens with one attached hydrogen (secondary N) is 1. The largest absolute Gasteiger partial charge is 0.325 e. The van der Waals surface area contributed by atoms with Crippen LogP contribution in [-0.2, 0) is 21.2 Å². The van der Waals surface area contributed by atoms with Crippen LogP contribution in [0.3, 0.4) is 0 Å². The van der Waals surface area contributed by atoms with Crippen molar-refractivity contribution in [2.75, 3.05) is 16.2 Å². The number of rotatable bonds is 8. The maximum absolute atomic E-state index is 13.3. The van der Waals surface area contributed by atoms with Gasteiger partial charge in [0.15, 0.2) is 5.78 Å². The van der Waals surface area contributed by atoms with Gasteiger partial charge in [0.1, 0.15) is 6.54 Å². The summed E-state index contributed by atoms with van der Waals surface area (Å²) in [5, 5.41) is 2.70. The molecule has 3 aromatic carbocycles. The Morgan fingerprint density at radius 1 is 0.871 bits per heavy atom. The van der Waals surface area contributed by atoms with Crippen LogP contribution in [0.2, 0.25) is 0 Å². The Labute approximate surface area is 182 Å². The van der Waals surface area contributed by atoms with Gasteiger partial charge in [-0.1, -0.05) is 37.3 Å². The number of sulfonamides is 1. The predicted molar refractivity (Wildman–Crippen MR) is 122 cm³/mol. The van der Waals surface area contributed by atoms with Gasteiger partial charge in [-0.2, -0.15) is 0 Å². The van der Waals surface area contributed by atoms with Gasteiger partial charge in [0.05, 0.1) is 10.6 Å². The third-order valence-corrected chi connectivity index (χ3v) is 6.61. The molecule has 0 bridgehead atoms. The van der Waals surface area contributed by atoms with Gasteiger partial charge in [-0.15, -0.1) is 0 Å². The second-order valence-corrected chi connectivity index (χ2v) is 8.89. The van der Waals surface area contributed by atoms with Gasteiger partial charge in [-0.25, -0.2) is 8.42 Å². The molecule has 0 aliphatic carbocycles. The number of ketones is 1. The van der Waals surface area contributed by atoms with Gasteiger partial charge in [-0.3, -0.25) is 13.9 Å². The van der Waals surface area contributed by atoms with Gasteiger partial charge in [0.2, 0.25) is 5.91 Å². The number of benzene rings is 3. The predicted octanol–water partition coefficient (Wildman–Crippen LogP) is 4.29. The second kappa shape index (κ2) is 9.57. The van der Waals surface area contributed by atoms with E-state index in [9.17, 15) is 18.0 Å². The van der Waals surface area contributed by atoms with Gasteiger partial charge in [-0.05, 0) is 67.4 Å². The lowest BCUT2D eigenvalue weighted by atomic mass is 10.1. The number of carbonyl (C=O) groups is 2. The molecule has 31 heavy (non-hydrogen) atoms. The van der Waals surface area contributed by atoms with Crippen LogP contribution in [0.4, 0.5) is 11.4 Å². The molecular formula is C24H24N2O4S. The van der Waals surface area contributed by atoms with Gasteiger partial charge >= 0.3 is 0 Å². The first-order valence-corrected chi connectivity index (χ1v) is 11.3. The number of amides is 1. The number of aryl methyl sites for hydroxylation is 1. The van der Waals surface area contributed by atoms with E-state index in [-0.39, 0.29) is 10.7 Å². The lowest BCUT2D eigenvalue weighted by molar-refractivity contribution is -0.114. The summed E-state index contributed by atoms with van der Waals surface area (Å²) >= 11 is 0. The van der Waals surface area contributed by atoms with E-state index in [1.807, 2.05) is 19.1 Å². The molecule has 1 amide bonds. The van der Waals surface area contributed by atoms with E-state index in [0.29, 0.717) is 16.9 Å². The molecule has 0 spiro atoms. The molecule has 3 aromatic rings. The van der Waals surface area contributed by atoms with Crippen LogP contribution in [-0.4, -0.2) is 26.7 Å². The summed E-state index contributed by atoms with van der Waals surface area (Å²) in [6.07, 6.45) is 0.822. The number of carbonyl (C=O) groups excluding carboxylic acids is 2. The molecule has 7 heteroatoms. The summed E-state index contributed by atoms with van der Waals surface area (Å²) in [7, 11) is -3.95. The molecule has 3 rings (SSSR count). The SMILES string of the molecule is CCc1ccc(N(CC(=O)Nc2ccc(C(C)=O)cc2)S(=O)(=O)c2ccccc2)cc1. The zero-order chi connectivity index (χ0) is 22.4. The summed E-state index contributed by atoms with van der Waals surface area (Å²) in [6, 6.07) is 21.6. The van der Waals surface area contributed by atoms with Crippen LogP contribution in [0.5, 0.6) is 0 Å². The maximum atomic E-state index is 13.3. The average Bonchev–Trinajstić information content (AvgIpc) is 2.78. The second-order valence-electron chi connectivity index (χ2n) is 7.03. The molecule has 0 fully saturated rings. The smallest absolute Gasteiger partial charge is 0.264 e. The highest BCUT2D eigenvalue weighted by Crippen LogP contribution is 2.24. The number of nitrogens with zero attached hydrogens (tertiary/aromatic N) is 1. The summed E-state index contributed by atoms with van der Waals surface area (Å²) < 4.78 is 27.7. The minimum Gasteiger partial charge on any atom is -0.325 e. The zero-order valence-corrected chi connectivity index (χ0v) is 18.2. The Morgan fingerprint density at radius 2 is 1.48 bits per heavy atom. The van der Waals surface area contributed by atoms with Crippen molar-refractivity contribution in [1.29, 1.82) is 0 Å². The number of hydrogen-bond donors (Lipinski definition) is 1. The van der Waals surface area contributed by atoms with E-state index in [1.165, 1.54) is 19.1 Å². The molecule has 0 aliphatic heterocycles. The summed E-state index contributed by atoms with van der Waals surface area (Å²) in [6.45, 7) is 3.08. The van der Waals surface area contributed by atoms with Gasteiger partial charge in [0.25, 0.3) is 10.0 Å². The first kappa shape index (κ1) is 22.2. The molecule has 1 N–H and O–H groups in total. The van der Waals surface area contributed by atoms with E-state index < -0.39 is 22.5 Å². The van der Waals surface area contributed by atoms with Crippen molar-refractivity contribution in [2.24, 2.45) is 0 Å². The monoisotopic (exact) mass is 436 g/mol. The summed E-state index contributed by atoms with van der Waals surface area (Å²) in [4.78, 5) is 24.2. The third kappa shape index (κ3) is 5.38. The van der Waals surface area contributed by atoms with Crippen molar-refractivity contribution in [2.45, 2.75) is 25.2 Å². The van der Waals surface area contributed by atoms with Crippen molar-refractivity contribution in [3.8, 4) is 0 Å². The first-order chi connectivity index (χ1) is 14.8. The van der Waals surface area contributed by atoms with Crippen LogP contribution in [0.25, 0.3) is 0 Å². The van der Waals surface area contributed by atoms with Crippen molar-refractivity contribution >= 4 is 33.1 Å². The number of anilines is 2. The number of Topliss-reactive ketones (excluding diaryl/α,β-unsaturated/α-hetero) is 1. The minimum atomic E-state index is -3.95. The minimum absolute atomic E-state index is 0.0754. The fourth-order valence-corrected chi connectivity index (χ4v) is 4.49. The lowest BCUT2D eigenvalue weighted by Gasteiger charge is -2.24. The Bertz CT molecular complexity index is 1160. The topological polar surface area (TPSA) is 83.6 Å². The van der Waals surface area contributed by atoms with Crippen molar-refractivity contribution in [1.82, 2.24) is 0 Å². The van der Waals surface area contributed by atoms with Gasteiger partial charge < -0.3 is 5.32 Å². The fourth-order valence-electron chi connectivity index (χ4n) is 3.05. The molecule has 6 nitrogen and oxygen atoms in total. The average molecular weight is 437 g/mol. The summed E-state index contributed by atoms with van der Waals surface area (Å²) in [5.41, 5.74) is 2.48. The lowest BCUT2D eigenvalue weighted by Crippen LogP contribution is -2.38. The van der Waals surface area contributed by atoms with Crippen LogP contribution in [0, 0.1) is 0 Å². The molecule has 0 saturated carbocycles. The first-order valence-electron chi connectivity index (χ1n) is 9.89. The Kier molecular flexibility index (Phi) is 6.87. The molecule has 0 atom stereocenters. The van der Waals surface area contributed by atoms with Crippen LogP contribution in [0.1, 0.15) is 29.8 Å². The molecule has 0 radical (unpaired) electrons. The van der Waals surface area contributed by atoms with Crippen molar-refractivity contribution in [3.05, 3.63) is 90.0 Å². The molecule has 0 saturated heterocycles. The highest BCUT2D eigenvalue weighted by Gasteiger charge is 2.27. The van der Waals surface area contributed by atoms with E-state index in [4.69, 9.17) is 0 Å². The molecule has 0 unspecified atom stereocenters. The standard InChI is InChI=1S/C24H24N2O4S/c1-3-19-9-15-22(16-10-19)26(31(29,30)23-7-5-4-6-8-23)17-24(28)25-21-13-11-20(12-14-21)18(2)27/h4-16H,3,17H2,1-2H3,(H,25,28). The highest BCUT2D eigenvalue weighted by molar-refractivity contribution is 7.92. The van der Waals surface area contributed by atoms with E-state index >= 15 is 0 Å². The van der Waals surface area contributed by atoms with Crippen LogP contribution < -0.4 is 9.62 Å². The molecule has 0 aromatic heterocycles. The molecule has 160 valence electrons. The van der Waals surface area contributed by atoms with E-state index in [2.05, 4.69) is 5.32 Å². The normalized spacial score (nSPS) is 11.0. The van der Waals surface area contributed by atoms with Crippen molar-refractivity contribution < 1.29 is 18.0 Å². The molecular weight excluding hydrogens is 412 g/mol. The fraction of sp³-hybridized carbons (Fsp3) is 0.167. The quantitative estimate of drug-likeness (QED) is 0.534. The van der Waals surface area contributed by atoms with Gasteiger partial charge in [0, 0.05) is 11.3 Å². The van der Waals surface area contributed by atoms with Crippen LogP contribution in [0.15, 0.2) is 83.8 Å². The van der Waals surface area contributed by atoms with E-state index in [0.717, 1.165) is 16.3 Å². The Hall–Kier alpha value is -3.45. The summed E-state index contributed by atoms with van der Waals surface area (Å²) in [5.74, 6) is -0.566. The van der Waals surface area contributed by atoms with Crippen molar-refractivity contribution in [3.63, 3.8) is 0 Å². The highest BCUT2D eigenvalue weighted by atomic mass is 32.2.